The Kier molecular flexibility index (Phi) is 10.3. The summed E-state index contributed by atoms with van der Waals surface area (Å²) in [5.74, 6) is -0.307. The zero-order valence-corrected chi connectivity index (χ0v) is 18.3. The Bertz CT molecular complexity index is 683. The van der Waals surface area contributed by atoms with Crippen LogP contribution in [-0.2, 0) is 10.9 Å². The summed E-state index contributed by atoms with van der Waals surface area (Å²) in [4.78, 5) is 20.9. The van der Waals surface area contributed by atoms with Crippen molar-refractivity contribution in [3.05, 3.63) is 23.9 Å². The molecule has 0 unspecified atom stereocenters. The van der Waals surface area contributed by atoms with Gasteiger partial charge in [-0.3, -0.25) is 0 Å². The first-order chi connectivity index (χ1) is 13.3. The van der Waals surface area contributed by atoms with Crippen LogP contribution < -0.4 is 15.8 Å². The summed E-state index contributed by atoms with van der Waals surface area (Å²) in [6, 6.07) is 2.16. The molecule has 1 aromatic heterocycles. The minimum absolute atomic E-state index is 0. The van der Waals surface area contributed by atoms with E-state index >= 15 is 0 Å². The maximum absolute atomic E-state index is 12.9. The molecule has 0 aliphatic carbocycles. The van der Waals surface area contributed by atoms with Gasteiger partial charge in [-0.1, -0.05) is 0 Å². The van der Waals surface area contributed by atoms with Gasteiger partial charge in [0.2, 0.25) is 5.88 Å². The number of nitrogens with one attached hydrogen (secondary N) is 1. The van der Waals surface area contributed by atoms with Crippen molar-refractivity contribution >= 4 is 36.0 Å². The Morgan fingerprint density at radius 1 is 1.41 bits per heavy atom. The predicted molar refractivity (Wildman–Crippen MR) is 111 cm³/mol. The summed E-state index contributed by atoms with van der Waals surface area (Å²) in [5.41, 5.74) is 4.88. The van der Waals surface area contributed by atoms with Crippen LogP contribution in [0.5, 0.6) is 5.88 Å². The van der Waals surface area contributed by atoms with E-state index in [9.17, 15) is 18.0 Å². The highest BCUT2D eigenvalue weighted by molar-refractivity contribution is 14.0. The van der Waals surface area contributed by atoms with E-state index in [4.69, 9.17) is 15.2 Å². The van der Waals surface area contributed by atoms with Crippen molar-refractivity contribution in [3.8, 4) is 5.88 Å². The molecule has 1 amide bonds. The van der Waals surface area contributed by atoms with Crippen molar-refractivity contribution in [1.82, 2.24) is 15.2 Å². The van der Waals surface area contributed by atoms with E-state index in [1.807, 2.05) is 0 Å². The lowest BCUT2D eigenvalue weighted by atomic mass is 10.1. The first-order valence-corrected chi connectivity index (χ1v) is 8.94. The molecule has 1 saturated heterocycles. The lowest BCUT2D eigenvalue weighted by Crippen LogP contribution is -2.48. The minimum atomic E-state index is -4.54. The number of ether oxygens (including phenoxy) is 2. The molecule has 29 heavy (non-hydrogen) atoms. The molecular formula is C17H25F3IN5O3. The molecular weight excluding hydrogens is 506 g/mol. The van der Waals surface area contributed by atoms with E-state index in [1.54, 1.807) is 11.8 Å². The molecule has 1 fully saturated rings. The number of piperidine rings is 1. The fraction of sp³-hybridized carbons (Fsp3) is 0.588. The van der Waals surface area contributed by atoms with E-state index in [0.717, 1.165) is 6.07 Å². The van der Waals surface area contributed by atoms with E-state index < -0.39 is 17.6 Å². The second kappa shape index (κ2) is 11.9. The van der Waals surface area contributed by atoms with Gasteiger partial charge in [-0.25, -0.2) is 14.8 Å². The number of aromatic nitrogens is 1. The van der Waals surface area contributed by atoms with Crippen molar-refractivity contribution < 1.29 is 27.4 Å². The predicted octanol–water partition coefficient (Wildman–Crippen LogP) is 2.62. The molecule has 164 valence electrons. The van der Waals surface area contributed by atoms with Crippen LogP contribution in [0.15, 0.2) is 23.3 Å². The van der Waals surface area contributed by atoms with Crippen molar-refractivity contribution in [2.24, 2.45) is 10.7 Å². The van der Waals surface area contributed by atoms with Gasteiger partial charge in [0.05, 0.1) is 13.2 Å². The number of guanidine groups is 1. The number of alkyl halides is 3. The van der Waals surface area contributed by atoms with Gasteiger partial charge in [0.15, 0.2) is 5.96 Å². The van der Waals surface area contributed by atoms with Crippen molar-refractivity contribution in [2.45, 2.75) is 32.0 Å². The number of nitrogens with zero attached hydrogens (tertiary/aromatic N) is 3. The third kappa shape index (κ3) is 8.11. The first-order valence-electron chi connectivity index (χ1n) is 8.94. The second-order valence-electron chi connectivity index (χ2n) is 6.07. The van der Waals surface area contributed by atoms with Crippen LogP contribution in [0, 0.1) is 0 Å². The number of hydrogen-bond donors (Lipinski definition) is 2. The maximum Gasteiger partial charge on any atom is 0.421 e. The van der Waals surface area contributed by atoms with Gasteiger partial charge in [0.25, 0.3) is 0 Å². The molecule has 0 bridgehead atoms. The first kappa shape index (κ1) is 25.0. The Morgan fingerprint density at radius 2 is 2.10 bits per heavy atom. The zero-order valence-electron chi connectivity index (χ0n) is 15.9. The number of carbonyl (C=O) groups is 1. The van der Waals surface area contributed by atoms with Gasteiger partial charge in [0.1, 0.15) is 12.2 Å². The van der Waals surface area contributed by atoms with Crippen LogP contribution in [0.25, 0.3) is 0 Å². The fourth-order valence-corrected chi connectivity index (χ4v) is 2.71. The summed E-state index contributed by atoms with van der Waals surface area (Å²) in [5, 5.41) is 3.04. The molecule has 8 nitrogen and oxygen atoms in total. The minimum Gasteiger partial charge on any atom is -0.475 e. The van der Waals surface area contributed by atoms with E-state index in [-0.39, 0.29) is 55.2 Å². The normalized spacial score (nSPS) is 15.4. The molecule has 0 spiro atoms. The van der Waals surface area contributed by atoms with Crippen molar-refractivity contribution in [3.63, 3.8) is 0 Å². The zero-order chi connectivity index (χ0) is 20.6. The monoisotopic (exact) mass is 531 g/mol. The van der Waals surface area contributed by atoms with Gasteiger partial charge in [-0.15, -0.1) is 24.0 Å². The lowest BCUT2D eigenvalue weighted by molar-refractivity contribution is -0.139. The van der Waals surface area contributed by atoms with Crippen LogP contribution in [0.1, 0.15) is 25.3 Å². The highest BCUT2D eigenvalue weighted by Crippen LogP contribution is 2.34. The van der Waals surface area contributed by atoms with Crippen LogP contribution in [0.4, 0.5) is 18.0 Å². The number of hydrogen-bond acceptors (Lipinski definition) is 5. The topological polar surface area (TPSA) is 102 Å². The van der Waals surface area contributed by atoms with Crippen LogP contribution in [0.3, 0.4) is 0 Å². The number of amides is 1. The third-order valence-electron chi connectivity index (χ3n) is 4.06. The van der Waals surface area contributed by atoms with Gasteiger partial charge in [-0.05, 0) is 31.9 Å². The summed E-state index contributed by atoms with van der Waals surface area (Å²) < 4.78 is 48.6. The molecule has 2 heterocycles. The Morgan fingerprint density at radius 3 is 2.72 bits per heavy atom. The molecule has 1 aromatic rings. The maximum atomic E-state index is 12.9. The van der Waals surface area contributed by atoms with Crippen molar-refractivity contribution in [1.29, 1.82) is 0 Å². The lowest BCUT2D eigenvalue weighted by Gasteiger charge is -2.31. The Hall–Kier alpha value is -1.99. The molecule has 12 heteroatoms. The number of pyridine rings is 1. The summed E-state index contributed by atoms with van der Waals surface area (Å²) in [6.45, 7) is 3.17. The Labute approximate surface area is 184 Å². The smallest absolute Gasteiger partial charge is 0.421 e. The standard InChI is InChI=1S/C17H24F3N5O3.HI/c1-2-27-16(26)25-9-5-12(6-10-25)24-15(21)23-8-11-28-14-13(17(18,19)20)4-3-7-22-14;/h3-4,7,12H,2,5-6,8-11H2,1H3,(H3,21,23,24);1H. The highest BCUT2D eigenvalue weighted by atomic mass is 127. The Balaban J connectivity index is 0.00000420. The molecule has 1 aliphatic rings. The van der Waals surface area contributed by atoms with E-state index in [0.29, 0.717) is 32.5 Å². The van der Waals surface area contributed by atoms with Gasteiger partial charge in [-0.2, -0.15) is 13.2 Å². The molecule has 2 rings (SSSR count). The number of rotatable bonds is 6. The van der Waals surface area contributed by atoms with Crippen LogP contribution in [0.2, 0.25) is 0 Å². The molecule has 0 saturated carbocycles. The van der Waals surface area contributed by atoms with E-state index in [2.05, 4.69) is 15.3 Å². The average Bonchev–Trinajstić information content (AvgIpc) is 2.65. The highest BCUT2D eigenvalue weighted by Gasteiger charge is 2.35. The number of carbonyl (C=O) groups excluding carboxylic acids is 1. The van der Waals surface area contributed by atoms with E-state index in [1.165, 1.54) is 12.3 Å². The quantitative estimate of drug-likeness (QED) is 0.254. The largest absolute Gasteiger partial charge is 0.475 e. The summed E-state index contributed by atoms with van der Waals surface area (Å²) in [7, 11) is 0. The number of nitrogens with two attached hydrogens (primary N) is 1. The van der Waals surface area contributed by atoms with Gasteiger partial charge >= 0.3 is 12.3 Å². The van der Waals surface area contributed by atoms with Gasteiger partial charge in [0, 0.05) is 25.3 Å². The van der Waals surface area contributed by atoms with Gasteiger partial charge < -0.3 is 25.4 Å². The average molecular weight is 531 g/mol. The number of aliphatic imine (C=N–C) groups is 1. The second-order valence-corrected chi connectivity index (χ2v) is 6.07. The molecule has 0 radical (unpaired) electrons. The van der Waals surface area contributed by atoms with Crippen molar-refractivity contribution in [2.75, 3.05) is 32.8 Å². The molecule has 3 N–H and O–H groups in total. The van der Waals surface area contributed by atoms with Crippen LogP contribution >= 0.6 is 24.0 Å². The number of likely N-dealkylation sites (tertiary alicyclic amines) is 1. The van der Waals surface area contributed by atoms with Crippen LogP contribution in [-0.4, -0.2) is 60.8 Å². The molecule has 0 aromatic carbocycles. The third-order valence-corrected chi connectivity index (χ3v) is 4.06. The summed E-state index contributed by atoms with van der Waals surface area (Å²) in [6.07, 6.45) is -2.26. The summed E-state index contributed by atoms with van der Waals surface area (Å²) >= 11 is 0. The fourth-order valence-electron chi connectivity index (χ4n) is 2.71. The molecule has 0 atom stereocenters. The molecule has 1 aliphatic heterocycles. The SMILES string of the molecule is CCOC(=O)N1CCC(NC(N)=NCCOc2ncccc2C(F)(F)F)CC1.I. The number of halogens is 4.